The molecule has 4 aromatic rings. The summed E-state index contributed by atoms with van der Waals surface area (Å²) >= 11 is 7.23. The van der Waals surface area contributed by atoms with Crippen LogP contribution in [0.5, 0.6) is 23.0 Å². The van der Waals surface area contributed by atoms with E-state index >= 15 is 0 Å². The van der Waals surface area contributed by atoms with E-state index in [9.17, 15) is 4.79 Å². The summed E-state index contributed by atoms with van der Waals surface area (Å²) in [7, 11) is 3.11. The van der Waals surface area contributed by atoms with Crippen LogP contribution in [0.2, 0.25) is 5.02 Å². The number of nitrogens with one attached hydrogen (secondary N) is 1. The molecule has 9 nitrogen and oxygen atoms in total. The summed E-state index contributed by atoms with van der Waals surface area (Å²) in [5.41, 5.74) is 1.38. The van der Waals surface area contributed by atoms with Crippen LogP contribution in [0.3, 0.4) is 0 Å². The van der Waals surface area contributed by atoms with Crippen molar-refractivity contribution in [3.8, 4) is 28.7 Å². The lowest BCUT2D eigenvalue weighted by atomic mass is 10.2. The van der Waals surface area contributed by atoms with Gasteiger partial charge in [0, 0.05) is 34.6 Å². The summed E-state index contributed by atoms with van der Waals surface area (Å²) in [5.74, 6) is 3.02. The van der Waals surface area contributed by atoms with Gasteiger partial charge < -0.3 is 24.3 Å². The molecule has 11 heteroatoms. The monoisotopic (exact) mass is 554 g/mol. The number of thioether (sulfide) groups is 1. The first-order valence-corrected chi connectivity index (χ1v) is 13.1. The molecule has 0 saturated heterocycles. The van der Waals surface area contributed by atoms with Gasteiger partial charge in [-0.25, -0.2) is 0 Å². The molecule has 4 rings (SSSR count). The maximum absolute atomic E-state index is 12.8. The average Bonchev–Trinajstić information content (AvgIpc) is 3.34. The number of methoxy groups -OCH3 is 2. The van der Waals surface area contributed by atoms with Crippen molar-refractivity contribution in [2.24, 2.45) is 0 Å². The van der Waals surface area contributed by atoms with E-state index in [0.29, 0.717) is 45.5 Å². The number of rotatable bonds is 12. The lowest BCUT2D eigenvalue weighted by molar-refractivity contribution is -0.113. The van der Waals surface area contributed by atoms with Crippen molar-refractivity contribution in [3.63, 3.8) is 0 Å². The molecule has 0 unspecified atom stereocenters. The van der Waals surface area contributed by atoms with Gasteiger partial charge in [-0.15, -0.1) is 10.2 Å². The summed E-state index contributed by atoms with van der Waals surface area (Å²) in [4.78, 5) is 12.8. The zero-order valence-electron chi connectivity index (χ0n) is 21.1. The van der Waals surface area contributed by atoms with Crippen molar-refractivity contribution >= 4 is 35.0 Å². The number of aromatic nitrogens is 3. The maximum atomic E-state index is 12.8. The zero-order valence-corrected chi connectivity index (χ0v) is 22.7. The van der Waals surface area contributed by atoms with Gasteiger partial charge >= 0.3 is 0 Å². The number of benzene rings is 3. The Morgan fingerprint density at radius 2 is 1.53 bits per heavy atom. The summed E-state index contributed by atoms with van der Waals surface area (Å²) < 4.78 is 23.9. The number of nitrogens with zero attached hydrogens (tertiary/aromatic N) is 3. The van der Waals surface area contributed by atoms with Crippen LogP contribution in [0, 0.1) is 0 Å². The minimum absolute atomic E-state index is 0.104. The van der Waals surface area contributed by atoms with Crippen molar-refractivity contribution in [1.29, 1.82) is 0 Å². The number of carbonyl (C=O) groups is 1. The molecule has 0 bridgehead atoms. The van der Waals surface area contributed by atoms with Gasteiger partial charge in [-0.1, -0.05) is 23.4 Å². The smallest absolute Gasteiger partial charge is 0.234 e. The Labute approximate surface area is 230 Å². The first-order valence-electron chi connectivity index (χ1n) is 11.7. The van der Waals surface area contributed by atoms with Crippen LogP contribution >= 0.6 is 23.4 Å². The Balaban J connectivity index is 1.51. The van der Waals surface area contributed by atoms with E-state index in [-0.39, 0.29) is 18.3 Å². The number of anilines is 1. The average molecular weight is 555 g/mol. The number of halogens is 1. The molecule has 1 aromatic heterocycles. The molecule has 198 valence electrons. The topological polar surface area (TPSA) is 96.7 Å². The SMILES string of the molecule is CCOc1ccc(-n2c(COc3ccc(Cl)cc3)nnc2SCC(=O)Nc2cc(OC)cc(OC)c2)cc1. The lowest BCUT2D eigenvalue weighted by Gasteiger charge is -2.12. The highest BCUT2D eigenvalue weighted by atomic mass is 35.5. The third-order valence-corrected chi connectivity index (χ3v) is 6.44. The van der Waals surface area contributed by atoms with Crippen molar-refractivity contribution < 1.29 is 23.7 Å². The Hall–Kier alpha value is -3.89. The summed E-state index contributed by atoms with van der Waals surface area (Å²) in [6.07, 6.45) is 0. The highest BCUT2D eigenvalue weighted by Crippen LogP contribution is 2.28. The first-order chi connectivity index (χ1) is 18.5. The van der Waals surface area contributed by atoms with E-state index in [1.807, 2.05) is 35.8 Å². The van der Waals surface area contributed by atoms with Gasteiger partial charge in [0.25, 0.3) is 0 Å². The minimum atomic E-state index is -0.217. The number of amides is 1. The second kappa shape index (κ2) is 13.1. The standard InChI is InChI=1S/C27H27ClN4O5S/c1-4-36-21-11-7-20(8-12-21)32-25(16-37-22-9-5-18(28)6-10-22)30-31-27(32)38-17-26(33)29-19-13-23(34-2)15-24(14-19)35-3/h5-15H,4,16-17H2,1-3H3,(H,29,33). The Morgan fingerprint density at radius 1 is 0.895 bits per heavy atom. The van der Waals surface area contributed by atoms with Crippen LogP contribution in [0.4, 0.5) is 5.69 Å². The second-order valence-corrected chi connectivity index (χ2v) is 9.22. The highest BCUT2D eigenvalue weighted by Gasteiger charge is 2.17. The fraction of sp³-hybridized carbons (Fsp3) is 0.222. The minimum Gasteiger partial charge on any atom is -0.497 e. The number of hydrogen-bond donors (Lipinski definition) is 1. The summed E-state index contributed by atoms with van der Waals surface area (Å²) in [6.45, 7) is 2.67. The first kappa shape index (κ1) is 27.2. The van der Waals surface area contributed by atoms with Crippen molar-refractivity contribution in [3.05, 3.63) is 77.6 Å². The molecule has 0 radical (unpaired) electrons. The predicted octanol–water partition coefficient (Wildman–Crippen LogP) is 5.65. The van der Waals surface area contributed by atoms with Gasteiger partial charge in [-0.3, -0.25) is 9.36 Å². The van der Waals surface area contributed by atoms with Crippen LogP contribution < -0.4 is 24.3 Å². The van der Waals surface area contributed by atoms with E-state index in [1.165, 1.54) is 11.8 Å². The Morgan fingerprint density at radius 3 is 2.16 bits per heavy atom. The summed E-state index contributed by atoms with van der Waals surface area (Å²) in [5, 5.41) is 12.7. The Kier molecular flexibility index (Phi) is 9.34. The van der Waals surface area contributed by atoms with Crippen LogP contribution in [0.25, 0.3) is 5.69 Å². The van der Waals surface area contributed by atoms with Crippen molar-refractivity contribution in [2.45, 2.75) is 18.7 Å². The molecule has 0 saturated carbocycles. The molecule has 1 amide bonds. The van der Waals surface area contributed by atoms with Gasteiger partial charge in [0.05, 0.1) is 26.6 Å². The number of ether oxygens (including phenoxy) is 4. The maximum Gasteiger partial charge on any atom is 0.234 e. The van der Waals surface area contributed by atoms with Crippen molar-refractivity contribution in [2.75, 3.05) is 31.9 Å². The predicted molar refractivity (Wildman–Crippen MR) is 147 cm³/mol. The van der Waals surface area contributed by atoms with Gasteiger partial charge in [0.15, 0.2) is 11.0 Å². The fourth-order valence-electron chi connectivity index (χ4n) is 3.49. The fourth-order valence-corrected chi connectivity index (χ4v) is 4.39. The van der Waals surface area contributed by atoms with Gasteiger partial charge in [-0.2, -0.15) is 0 Å². The molecule has 38 heavy (non-hydrogen) atoms. The quantitative estimate of drug-likeness (QED) is 0.225. The third kappa shape index (κ3) is 7.11. The molecular weight excluding hydrogens is 528 g/mol. The molecular formula is C27H27ClN4O5S. The van der Waals surface area contributed by atoms with Crippen LogP contribution in [-0.4, -0.2) is 47.3 Å². The van der Waals surface area contributed by atoms with E-state index < -0.39 is 0 Å². The van der Waals surface area contributed by atoms with Crippen LogP contribution in [0.15, 0.2) is 71.9 Å². The molecule has 1 heterocycles. The largest absolute Gasteiger partial charge is 0.497 e. The molecule has 1 N–H and O–H groups in total. The molecule has 0 fully saturated rings. The zero-order chi connectivity index (χ0) is 26.9. The third-order valence-electron chi connectivity index (χ3n) is 5.26. The van der Waals surface area contributed by atoms with Crippen LogP contribution in [-0.2, 0) is 11.4 Å². The molecule has 3 aromatic carbocycles. The van der Waals surface area contributed by atoms with E-state index in [2.05, 4.69) is 15.5 Å². The van der Waals surface area contributed by atoms with Crippen LogP contribution in [0.1, 0.15) is 12.7 Å². The van der Waals surface area contributed by atoms with Crippen molar-refractivity contribution in [1.82, 2.24) is 14.8 Å². The summed E-state index contributed by atoms with van der Waals surface area (Å²) in [6, 6.07) is 19.8. The second-order valence-electron chi connectivity index (χ2n) is 7.84. The van der Waals surface area contributed by atoms with E-state index in [4.69, 9.17) is 30.5 Å². The highest BCUT2D eigenvalue weighted by molar-refractivity contribution is 7.99. The molecule has 0 spiro atoms. The number of hydrogen-bond acceptors (Lipinski definition) is 8. The van der Waals surface area contributed by atoms with E-state index in [1.54, 1.807) is 56.7 Å². The molecule has 0 aliphatic rings. The number of carbonyl (C=O) groups excluding carboxylic acids is 1. The molecule has 0 aliphatic heterocycles. The Bertz CT molecular complexity index is 1340. The van der Waals surface area contributed by atoms with E-state index in [0.717, 1.165) is 11.4 Å². The van der Waals surface area contributed by atoms with Gasteiger partial charge in [-0.05, 0) is 55.5 Å². The normalized spacial score (nSPS) is 10.6. The van der Waals surface area contributed by atoms with Gasteiger partial charge in [0.2, 0.25) is 5.91 Å². The lowest BCUT2D eigenvalue weighted by Crippen LogP contribution is -2.15. The molecule has 0 atom stereocenters. The van der Waals surface area contributed by atoms with Gasteiger partial charge in [0.1, 0.15) is 29.6 Å². The molecule has 0 aliphatic carbocycles.